The first kappa shape index (κ1) is 18.2. The third kappa shape index (κ3) is 6.29. The number of hydrogen-bond acceptors (Lipinski definition) is 4. The van der Waals surface area contributed by atoms with E-state index in [1.165, 1.54) is 5.56 Å². The van der Waals surface area contributed by atoms with Gasteiger partial charge in [0.2, 0.25) is 0 Å². The van der Waals surface area contributed by atoms with E-state index in [1.54, 1.807) is 13.8 Å². The van der Waals surface area contributed by atoms with E-state index >= 15 is 0 Å². The largest absolute Gasteiger partial charge is 0.466 e. The van der Waals surface area contributed by atoms with Gasteiger partial charge in [-0.15, -0.1) is 0 Å². The minimum absolute atomic E-state index is 0.0589. The molecule has 0 aliphatic carbocycles. The normalized spacial score (nSPS) is 13.2. The highest BCUT2D eigenvalue weighted by molar-refractivity contribution is 5.80. The first-order valence-electron chi connectivity index (χ1n) is 7.94. The molecule has 0 fully saturated rings. The molecule has 0 aliphatic heterocycles. The van der Waals surface area contributed by atoms with Crippen LogP contribution in [0.25, 0.3) is 0 Å². The van der Waals surface area contributed by atoms with E-state index in [4.69, 9.17) is 9.47 Å². The molecular weight excluding hydrogens is 280 g/mol. The Morgan fingerprint density at radius 2 is 1.68 bits per heavy atom. The summed E-state index contributed by atoms with van der Waals surface area (Å²) in [4.78, 5) is 23.8. The highest BCUT2D eigenvalue weighted by Gasteiger charge is 2.29. The second-order valence-corrected chi connectivity index (χ2v) is 5.37. The van der Waals surface area contributed by atoms with Gasteiger partial charge in [0, 0.05) is 0 Å². The molecule has 1 aromatic rings. The van der Waals surface area contributed by atoms with E-state index in [1.807, 2.05) is 25.1 Å². The minimum Gasteiger partial charge on any atom is -0.466 e. The van der Waals surface area contributed by atoms with E-state index < -0.39 is 5.92 Å². The van der Waals surface area contributed by atoms with Crippen LogP contribution in [0.1, 0.15) is 39.2 Å². The molecule has 2 atom stereocenters. The van der Waals surface area contributed by atoms with Gasteiger partial charge in [-0.05, 0) is 38.2 Å². The van der Waals surface area contributed by atoms with Gasteiger partial charge in [-0.25, -0.2) is 0 Å². The van der Waals surface area contributed by atoms with Gasteiger partial charge in [-0.3, -0.25) is 9.59 Å². The zero-order valence-electron chi connectivity index (χ0n) is 13.7. The number of rotatable bonds is 9. The summed E-state index contributed by atoms with van der Waals surface area (Å²) < 4.78 is 10.1. The van der Waals surface area contributed by atoms with Crippen LogP contribution in [0.5, 0.6) is 0 Å². The maximum atomic E-state index is 12.1. The molecule has 0 spiro atoms. The van der Waals surface area contributed by atoms with E-state index in [2.05, 4.69) is 12.1 Å². The van der Waals surface area contributed by atoms with E-state index in [9.17, 15) is 9.59 Å². The van der Waals surface area contributed by atoms with Gasteiger partial charge >= 0.3 is 11.9 Å². The van der Waals surface area contributed by atoms with Crippen molar-refractivity contribution in [2.75, 3.05) is 13.2 Å². The summed E-state index contributed by atoms with van der Waals surface area (Å²) in [6, 6.07) is 10.1. The van der Waals surface area contributed by atoms with Crippen LogP contribution < -0.4 is 0 Å². The number of hydrogen-bond donors (Lipinski definition) is 0. The highest BCUT2D eigenvalue weighted by Crippen LogP contribution is 2.23. The van der Waals surface area contributed by atoms with Gasteiger partial charge in [0.25, 0.3) is 0 Å². The second-order valence-electron chi connectivity index (χ2n) is 5.37. The van der Waals surface area contributed by atoms with Crippen molar-refractivity contribution in [3.05, 3.63) is 35.9 Å². The number of ether oxygens (including phenoxy) is 2. The van der Waals surface area contributed by atoms with Crippen LogP contribution in [0.4, 0.5) is 0 Å². The molecule has 0 saturated carbocycles. The van der Waals surface area contributed by atoms with Crippen molar-refractivity contribution in [1.82, 2.24) is 0 Å². The molecule has 0 amide bonds. The lowest BCUT2D eigenvalue weighted by Crippen LogP contribution is -2.28. The first-order chi connectivity index (χ1) is 10.6. The molecule has 4 nitrogen and oxygen atoms in total. The smallest absolute Gasteiger partial charge is 0.309 e. The monoisotopic (exact) mass is 306 g/mol. The lowest BCUT2D eigenvalue weighted by atomic mass is 9.86. The van der Waals surface area contributed by atoms with Crippen molar-refractivity contribution in [3.8, 4) is 0 Å². The van der Waals surface area contributed by atoms with Crippen LogP contribution >= 0.6 is 0 Å². The summed E-state index contributed by atoms with van der Waals surface area (Å²) in [5.41, 5.74) is 1.23. The topological polar surface area (TPSA) is 52.6 Å². The zero-order valence-corrected chi connectivity index (χ0v) is 13.7. The van der Waals surface area contributed by atoms with Crippen molar-refractivity contribution in [1.29, 1.82) is 0 Å². The predicted octanol–water partition coefficient (Wildman–Crippen LogP) is 3.39. The minimum atomic E-state index is -0.442. The SMILES string of the molecule is CCOC(=O)CC(C(=O)OCC)C(C)CCc1ccccc1. The summed E-state index contributed by atoms with van der Waals surface area (Å²) in [5, 5.41) is 0. The van der Waals surface area contributed by atoms with Gasteiger partial charge in [-0.1, -0.05) is 37.3 Å². The third-order valence-electron chi connectivity index (χ3n) is 3.70. The maximum absolute atomic E-state index is 12.1. The van der Waals surface area contributed by atoms with Gasteiger partial charge in [0.15, 0.2) is 0 Å². The van der Waals surface area contributed by atoms with Crippen LogP contribution in [-0.2, 0) is 25.5 Å². The molecule has 1 rings (SSSR count). The fraction of sp³-hybridized carbons (Fsp3) is 0.556. The molecule has 22 heavy (non-hydrogen) atoms. The average molecular weight is 306 g/mol. The van der Waals surface area contributed by atoms with Crippen molar-refractivity contribution in [2.45, 2.75) is 40.0 Å². The molecule has 0 radical (unpaired) electrons. The predicted molar refractivity (Wildman–Crippen MR) is 85.3 cm³/mol. The molecule has 0 N–H and O–H groups in total. The summed E-state index contributed by atoms with van der Waals surface area (Å²) >= 11 is 0. The Morgan fingerprint density at radius 1 is 1.05 bits per heavy atom. The van der Waals surface area contributed by atoms with Crippen LogP contribution in [0.15, 0.2) is 30.3 Å². The molecule has 122 valence electrons. The molecule has 0 saturated heterocycles. The standard InChI is InChI=1S/C18H26O4/c1-4-21-17(19)13-16(18(20)22-5-2)14(3)11-12-15-9-7-6-8-10-15/h6-10,14,16H,4-5,11-13H2,1-3H3. The number of aryl methyl sites for hydroxylation is 1. The van der Waals surface area contributed by atoms with Crippen LogP contribution in [-0.4, -0.2) is 25.2 Å². The number of carbonyl (C=O) groups is 2. The third-order valence-corrected chi connectivity index (χ3v) is 3.70. The van der Waals surface area contributed by atoms with Crippen LogP contribution in [0.2, 0.25) is 0 Å². The summed E-state index contributed by atoms with van der Waals surface area (Å²) in [7, 11) is 0. The first-order valence-corrected chi connectivity index (χ1v) is 7.94. The van der Waals surface area contributed by atoms with Crippen molar-refractivity contribution < 1.29 is 19.1 Å². The second kappa shape index (κ2) is 9.98. The molecular formula is C18H26O4. The Bertz CT molecular complexity index is 455. The molecule has 0 bridgehead atoms. The van der Waals surface area contributed by atoms with E-state index in [-0.39, 0.29) is 24.3 Å². The van der Waals surface area contributed by atoms with Crippen LogP contribution in [0.3, 0.4) is 0 Å². The van der Waals surface area contributed by atoms with Crippen LogP contribution in [0, 0.1) is 11.8 Å². The Kier molecular flexibility index (Phi) is 8.26. The average Bonchev–Trinajstić information content (AvgIpc) is 2.52. The summed E-state index contributed by atoms with van der Waals surface area (Å²) in [6.45, 7) is 6.17. The molecule has 2 unspecified atom stereocenters. The quantitative estimate of drug-likeness (QED) is 0.656. The Balaban J connectivity index is 2.63. The number of carbonyl (C=O) groups excluding carboxylic acids is 2. The maximum Gasteiger partial charge on any atom is 0.309 e. The number of esters is 2. The molecule has 1 aromatic carbocycles. The van der Waals surface area contributed by atoms with Gasteiger partial charge in [0.1, 0.15) is 0 Å². The summed E-state index contributed by atoms with van der Waals surface area (Å²) in [6.07, 6.45) is 1.79. The molecule has 0 aliphatic rings. The van der Waals surface area contributed by atoms with Gasteiger partial charge in [-0.2, -0.15) is 0 Å². The Hall–Kier alpha value is -1.84. The Labute approximate surface area is 132 Å². The van der Waals surface area contributed by atoms with Crippen molar-refractivity contribution in [3.63, 3.8) is 0 Å². The molecule has 0 aromatic heterocycles. The van der Waals surface area contributed by atoms with E-state index in [0.717, 1.165) is 12.8 Å². The number of benzene rings is 1. The van der Waals surface area contributed by atoms with Crippen molar-refractivity contribution >= 4 is 11.9 Å². The van der Waals surface area contributed by atoms with E-state index in [0.29, 0.717) is 13.2 Å². The molecule has 0 heterocycles. The van der Waals surface area contributed by atoms with Crippen molar-refractivity contribution in [2.24, 2.45) is 11.8 Å². The molecule has 4 heteroatoms. The highest BCUT2D eigenvalue weighted by atomic mass is 16.5. The fourth-order valence-corrected chi connectivity index (χ4v) is 2.41. The lowest BCUT2D eigenvalue weighted by Gasteiger charge is -2.21. The Morgan fingerprint density at radius 3 is 2.27 bits per heavy atom. The summed E-state index contributed by atoms with van der Waals surface area (Å²) in [5.74, 6) is -1.03. The fourth-order valence-electron chi connectivity index (χ4n) is 2.41. The van der Waals surface area contributed by atoms with Gasteiger partial charge < -0.3 is 9.47 Å². The lowest BCUT2D eigenvalue weighted by molar-refractivity contribution is -0.156. The zero-order chi connectivity index (χ0) is 16.4. The van der Waals surface area contributed by atoms with Gasteiger partial charge in [0.05, 0.1) is 25.6 Å².